The molecule has 0 N–H and O–H groups in total. The Balaban J connectivity index is 1.31. The zero-order chi connectivity index (χ0) is 24.4. The summed E-state index contributed by atoms with van der Waals surface area (Å²) < 4.78 is 33.7. The molecular weight excluding hydrogens is 480 g/mol. The van der Waals surface area contributed by atoms with Crippen molar-refractivity contribution in [1.82, 2.24) is 9.21 Å². The number of nitrogens with zero attached hydrogens (tertiary/aromatic N) is 2. The van der Waals surface area contributed by atoms with Crippen LogP contribution in [-0.4, -0.2) is 55.0 Å². The van der Waals surface area contributed by atoms with Crippen LogP contribution in [0.2, 0.25) is 0 Å². The van der Waals surface area contributed by atoms with Gasteiger partial charge in [0.15, 0.2) is 5.76 Å². The van der Waals surface area contributed by atoms with E-state index in [1.807, 2.05) is 43.0 Å². The van der Waals surface area contributed by atoms with Crippen LogP contribution in [0.5, 0.6) is 0 Å². The maximum atomic E-state index is 13.6. The van der Waals surface area contributed by atoms with Gasteiger partial charge in [0.2, 0.25) is 10.0 Å². The van der Waals surface area contributed by atoms with Crippen LogP contribution in [0.3, 0.4) is 0 Å². The minimum Gasteiger partial charge on any atom is -0.451 e. The zero-order valence-electron chi connectivity index (χ0n) is 20.1. The van der Waals surface area contributed by atoms with Crippen molar-refractivity contribution in [2.75, 3.05) is 26.2 Å². The van der Waals surface area contributed by atoms with Crippen molar-refractivity contribution < 1.29 is 17.6 Å². The van der Waals surface area contributed by atoms with Gasteiger partial charge in [-0.1, -0.05) is 55.2 Å². The number of aryl methyl sites for hydroxylation is 1. The first-order valence-corrected chi connectivity index (χ1v) is 14.9. The second-order valence-corrected chi connectivity index (χ2v) is 12.7. The predicted molar refractivity (Wildman–Crippen MR) is 140 cm³/mol. The van der Waals surface area contributed by atoms with Crippen LogP contribution in [0.4, 0.5) is 0 Å². The normalized spacial score (nSPS) is 18.3. The molecule has 0 radical (unpaired) electrons. The number of rotatable bonds is 6. The predicted octanol–water partition coefficient (Wildman–Crippen LogP) is 5.45. The fourth-order valence-electron chi connectivity index (χ4n) is 4.98. The van der Waals surface area contributed by atoms with E-state index in [-0.39, 0.29) is 19.0 Å². The van der Waals surface area contributed by atoms with E-state index in [2.05, 4.69) is 0 Å². The molecule has 0 unspecified atom stereocenters. The summed E-state index contributed by atoms with van der Waals surface area (Å²) >= 11 is 1.93. The van der Waals surface area contributed by atoms with Gasteiger partial charge in [-0.3, -0.25) is 4.79 Å². The quantitative estimate of drug-likeness (QED) is 0.439. The van der Waals surface area contributed by atoms with E-state index < -0.39 is 10.0 Å². The van der Waals surface area contributed by atoms with Crippen molar-refractivity contribution in [3.05, 3.63) is 65.4 Å². The molecule has 1 saturated carbocycles. The van der Waals surface area contributed by atoms with E-state index in [0.29, 0.717) is 29.0 Å². The van der Waals surface area contributed by atoms with Crippen molar-refractivity contribution in [3.8, 4) is 0 Å². The molecule has 2 heterocycles. The Morgan fingerprint density at radius 1 is 0.971 bits per heavy atom. The molecular formula is C27H32N2O4S2. The number of carbonyl (C=O) groups excluding carboxylic acids is 1. The van der Waals surface area contributed by atoms with Crippen LogP contribution in [0, 0.1) is 6.92 Å². The van der Waals surface area contributed by atoms with Crippen molar-refractivity contribution >= 4 is 38.7 Å². The summed E-state index contributed by atoms with van der Waals surface area (Å²) in [6, 6.07) is 14.7. The van der Waals surface area contributed by atoms with Crippen LogP contribution in [0.1, 0.15) is 53.8 Å². The lowest BCUT2D eigenvalue weighted by molar-refractivity contribution is 0.0667. The summed E-state index contributed by atoms with van der Waals surface area (Å²) in [5.74, 6) is 1.02. The van der Waals surface area contributed by atoms with Gasteiger partial charge in [-0.25, -0.2) is 8.42 Å². The highest BCUT2D eigenvalue weighted by molar-refractivity contribution is 7.99. The lowest BCUT2D eigenvalue weighted by Gasteiger charge is -2.33. The molecule has 1 aliphatic heterocycles. The molecule has 3 aromatic rings. The number of hydrogen-bond acceptors (Lipinski definition) is 5. The Labute approximate surface area is 211 Å². The van der Waals surface area contributed by atoms with Crippen LogP contribution in [-0.2, 0) is 15.8 Å². The van der Waals surface area contributed by atoms with E-state index in [1.165, 1.54) is 36.4 Å². The Morgan fingerprint density at radius 2 is 1.66 bits per heavy atom. The summed E-state index contributed by atoms with van der Waals surface area (Å²) in [4.78, 5) is 15.6. The summed E-state index contributed by atoms with van der Waals surface area (Å²) in [7, 11) is -3.57. The van der Waals surface area contributed by atoms with Gasteiger partial charge < -0.3 is 9.32 Å². The third-order valence-electron chi connectivity index (χ3n) is 7.09. The van der Waals surface area contributed by atoms with Gasteiger partial charge in [0.05, 0.1) is 4.90 Å². The van der Waals surface area contributed by atoms with Crippen molar-refractivity contribution in [3.63, 3.8) is 0 Å². The van der Waals surface area contributed by atoms with Gasteiger partial charge in [-0.15, -0.1) is 0 Å². The number of amides is 1. The van der Waals surface area contributed by atoms with Crippen LogP contribution in [0.15, 0.2) is 57.8 Å². The Hall–Kier alpha value is -2.29. The molecule has 0 spiro atoms. The lowest BCUT2D eigenvalue weighted by atomic mass is 10.0. The van der Waals surface area contributed by atoms with Crippen LogP contribution < -0.4 is 0 Å². The summed E-state index contributed by atoms with van der Waals surface area (Å²) in [5.41, 5.74) is 2.72. The molecule has 1 aliphatic carbocycles. The first-order valence-electron chi connectivity index (χ1n) is 12.4. The Kier molecular flexibility index (Phi) is 7.23. The molecule has 186 valence electrons. The topological polar surface area (TPSA) is 70.8 Å². The third kappa shape index (κ3) is 5.15. The van der Waals surface area contributed by atoms with Gasteiger partial charge >= 0.3 is 0 Å². The highest BCUT2D eigenvalue weighted by Gasteiger charge is 2.33. The first kappa shape index (κ1) is 24.4. The number of para-hydroxylation sites is 1. The summed E-state index contributed by atoms with van der Waals surface area (Å²) in [6.07, 6.45) is 6.36. The highest BCUT2D eigenvalue weighted by atomic mass is 32.2. The van der Waals surface area contributed by atoms with Crippen LogP contribution in [0.25, 0.3) is 11.0 Å². The number of thioether (sulfide) groups is 1. The number of piperazine rings is 1. The van der Waals surface area contributed by atoms with Gasteiger partial charge in [-0.2, -0.15) is 16.1 Å². The minimum absolute atomic E-state index is 0.146. The van der Waals surface area contributed by atoms with Gasteiger partial charge in [0.1, 0.15) is 5.58 Å². The average molecular weight is 513 g/mol. The number of benzene rings is 2. The molecule has 6 nitrogen and oxygen atoms in total. The first-order chi connectivity index (χ1) is 16.9. The molecule has 2 aromatic carbocycles. The lowest BCUT2D eigenvalue weighted by Crippen LogP contribution is -2.50. The van der Waals surface area contributed by atoms with Crippen LogP contribution >= 0.6 is 11.8 Å². The van der Waals surface area contributed by atoms with Gasteiger partial charge in [0, 0.05) is 48.1 Å². The van der Waals surface area contributed by atoms with Gasteiger partial charge in [-0.05, 0) is 38.0 Å². The summed E-state index contributed by atoms with van der Waals surface area (Å²) in [5, 5.41) is 1.63. The molecule has 5 rings (SSSR count). The fraction of sp³-hybridized carbons (Fsp3) is 0.444. The van der Waals surface area contributed by atoms with E-state index >= 15 is 0 Å². The smallest absolute Gasteiger partial charge is 0.290 e. The third-order valence-corrected chi connectivity index (χ3v) is 10.4. The second kappa shape index (κ2) is 10.4. The largest absolute Gasteiger partial charge is 0.451 e. The number of carbonyl (C=O) groups is 1. The molecule has 0 atom stereocenters. The van der Waals surface area contributed by atoms with Crippen molar-refractivity contribution in [1.29, 1.82) is 0 Å². The molecule has 1 amide bonds. The van der Waals surface area contributed by atoms with Crippen molar-refractivity contribution in [2.24, 2.45) is 0 Å². The standard InChI is InChI=1S/C27H32N2O4S2/c1-20-11-13-22(14-12-20)35(31,32)29-17-15-28(16-18-29)27(30)26-24(19-34-21-7-3-2-4-8-21)23-9-5-6-10-25(23)33-26/h5-6,9-14,21H,2-4,7-8,15-19H2,1H3. The van der Waals surface area contributed by atoms with Gasteiger partial charge in [0.25, 0.3) is 5.91 Å². The monoisotopic (exact) mass is 512 g/mol. The van der Waals surface area contributed by atoms with E-state index in [1.54, 1.807) is 29.2 Å². The summed E-state index contributed by atoms with van der Waals surface area (Å²) in [6.45, 7) is 3.16. The molecule has 1 saturated heterocycles. The number of furan rings is 1. The number of fused-ring (bicyclic) bond motifs is 1. The molecule has 2 fully saturated rings. The maximum Gasteiger partial charge on any atom is 0.290 e. The number of sulfonamides is 1. The van der Waals surface area contributed by atoms with E-state index in [4.69, 9.17) is 4.42 Å². The maximum absolute atomic E-state index is 13.6. The molecule has 35 heavy (non-hydrogen) atoms. The Bertz CT molecular complexity index is 1290. The van der Waals surface area contributed by atoms with Crippen molar-refractivity contribution in [2.45, 2.75) is 54.9 Å². The molecule has 8 heteroatoms. The Morgan fingerprint density at radius 3 is 2.37 bits per heavy atom. The molecule has 1 aromatic heterocycles. The highest BCUT2D eigenvalue weighted by Crippen LogP contribution is 2.35. The fourth-order valence-corrected chi connectivity index (χ4v) is 7.76. The minimum atomic E-state index is -3.57. The molecule has 2 aliphatic rings. The zero-order valence-corrected chi connectivity index (χ0v) is 21.7. The molecule has 0 bridgehead atoms. The second-order valence-electron chi connectivity index (χ2n) is 9.49. The average Bonchev–Trinajstić information content (AvgIpc) is 3.26. The number of hydrogen-bond donors (Lipinski definition) is 0. The van der Waals surface area contributed by atoms with E-state index in [9.17, 15) is 13.2 Å². The van der Waals surface area contributed by atoms with E-state index in [0.717, 1.165) is 27.8 Å². The SMILES string of the molecule is Cc1ccc(S(=O)(=O)N2CCN(C(=O)c3oc4ccccc4c3CSC3CCCCC3)CC2)cc1.